The van der Waals surface area contributed by atoms with Gasteiger partial charge in [0, 0.05) is 25.7 Å². The smallest absolute Gasteiger partial charge is 0.231 e. The van der Waals surface area contributed by atoms with Gasteiger partial charge in [0.2, 0.25) is 5.91 Å². The Labute approximate surface area is 132 Å². The monoisotopic (exact) mass is 307 g/mol. The summed E-state index contributed by atoms with van der Waals surface area (Å²) in [7, 11) is 0. The van der Waals surface area contributed by atoms with E-state index in [9.17, 15) is 9.18 Å². The molecular weight excluding hydrogens is 281 g/mol. The molecule has 5 heteroatoms. The molecule has 0 bridgehead atoms. The van der Waals surface area contributed by atoms with Crippen LogP contribution in [0.3, 0.4) is 0 Å². The van der Waals surface area contributed by atoms with Gasteiger partial charge in [0.1, 0.15) is 5.82 Å². The molecule has 1 aromatic rings. The number of nitrogens with two attached hydrogens (primary N) is 1. The maximum atomic E-state index is 13.0. The fraction of sp³-hybridized carbons (Fsp3) is 0.588. The van der Waals surface area contributed by atoms with E-state index in [1.807, 2.05) is 12.1 Å². The number of amides is 1. The van der Waals surface area contributed by atoms with Crippen LogP contribution in [0.2, 0.25) is 0 Å². The van der Waals surface area contributed by atoms with E-state index >= 15 is 0 Å². The van der Waals surface area contributed by atoms with Crippen LogP contribution < -0.4 is 5.73 Å². The minimum Gasteiger partial charge on any atom is -0.369 e. The standard InChI is InChI=1S/C17H26FN3O/c1-13(2)16-11-20(12-17(19)22)8-3-9-21(16)10-14-4-6-15(18)7-5-14/h4-7,13,16H,3,8-12H2,1-2H3,(H2,19,22)/t16-/m1/s1. The molecule has 1 saturated heterocycles. The van der Waals surface area contributed by atoms with Gasteiger partial charge in [-0.2, -0.15) is 0 Å². The number of halogens is 1. The Morgan fingerprint density at radius 2 is 2.00 bits per heavy atom. The normalized spacial score (nSPS) is 21.0. The van der Waals surface area contributed by atoms with Crippen molar-refractivity contribution in [2.75, 3.05) is 26.2 Å². The van der Waals surface area contributed by atoms with Gasteiger partial charge in [0.15, 0.2) is 0 Å². The Hall–Kier alpha value is -1.46. The predicted octanol–water partition coefficient (Wildman–Crippen LogP) is 1.84. The molecule has 1 fully saturated rings. The van der Waals surface area contributed by atoms with E-state index in [2.05, 4.69) is 23.6 Å². The molecule has 1 atom stereocenters. The van der Waals surface area contributed by atoms with Crippen LogP contribution in [0.15, 0.2) is 24.3 Å². The summed E-state index contributed by atoms with van der Waals surface area (Å²) in [4.78, 5) is 15.8. The lowest BCUT2D eigenvalue weighted by Gasteiger charge is -2.34. The van der Waals surface area contributed by atoms with Gasteiger partial charge in [-0.1, -0.05) is 26.0 Å². The van der Waals surface area contributed by atoms with Gasteiger partial charge in [-0.25, -0.2) is 4.39 Å². The molecule has 0 aromatic heterocycles. The number of carbonyl (C=O) groups excluding carboxylic acids is 1. The van der Waals surface area contributed by atoms with Crippen LogP contribution in [-0.4, -0.2) is 47.9 Å². The highest BCUT2D eigenvalue weighted by molar-refractivity contribution is 5.75. The van der Waals surface area contributed by atoms with Crippen molar-refractivity contribution in [1.29, 1.82) is 0 Å². The highest BCUT2D eigenvalue weighted by Crippen LogP contribution is 2.20. The second kappa shape index (κ2) is 7.70. The van der Waals surface area contributed by atoms with Crippen molar-refractivity contribution >= 4 is 5.91 Å². The van der Waals surface area contributed by atoms with Crippen molar-refractivity contribution in [1.82, 2.24) is 9.80 Å². The van der Waals surface area contributed by atoms with Crippen molar-refractivity contribution < 1.29 is 9.18 Å². The van der Waals surface area contributed by atoms with Crippen molar-refractivity contribution in [2.24, 2.45) is 11.7 Å². The number of carbonyl (C=O) groups is 1. The number of nitrogens with zero attached hydrogens (tertiary/aromatic N) is 2. The molecule has 122 valence electrons. The van der Waals surface area contributed by atoms with Crippen LogP contribution in [0.4, 0.5) is 4.39 Å². The Balaban J connectivity index is 2.07. The minimum atomic E-state index is -0.269. The van der Waals surface area contributed by atoms with Crippen LogP contribution in [-0.2, 0) is 11.3 Å². The second-order valence-corrected chi connectivity index (χ2v) is 6.46. The summed E-state index contributed by atoms with van der Waals surface area (Å²) in [6.07, 6.45) is 1.01. The second-order valence-electron chi connectivity index (χ2n) is 6.46. The van der Waals surface area contributed by atoms with E-state index in [1.165, 1.54) is 12.1 Å². The highest BCUT2D eigenvalue weighted by atomic mass is 19.1. The largest absolute Gasteiger partial charge is 0.369 e. The first-order valence-corrected chi connectivity index (χ1v) is 7.95. The average molecular weight is 307 g/mol. The van der Waals surface area contributed by atoms with Gasteiger partial charge >= 0.3 is 0 Å². The molecular formula is C17H26FN3O. The lowest BCUT2D eigenvalue weighted by atomic mass is 10.0. The molecule has 0 radical (unpaired) electrons. The third-order valence-corrected chi connectivity index (χ3v) is 4.28. The van der Waals surface area contributed by atoms with Gasteiger partial charge in [-0.05, 0) is 36.6 Å². The summed E-state index contributed by atoms with van der Waals surface area (Å²) in [5, 5.41) is 0. The molecule has 1 amide bonds. The van der Waals surface area contributed by atoms with E-state index in [4.69, 9.17) is 5.73 Å². The van der Waals surface area contributed by atoms with Gasteiger partial charge in [-0.15, -0.1) is 0 Å². The van der Waals surface area contributed by atoms with Crippen LogP contribution in [0.5, 0.6) is 0 Å². The minimum absolute atomic E-state index is 0.201. The van der Waals surface area contributed by atoms with E-state index < -0.39 is 0 Å². The molecule has 1 aliphatic rings. The first kappa shape index (κ1) is 16.9. The van der Waals surface area contributed by atoms with Crippen molar-refractivity contribution in [3.05, 3.63) is 35.6 Å². The van der Waals surface area contributed by atoms with Crippen LogP contribution in [0.1, 0.15) is 25.8 Å². The number of benzene rings is 1. The van der Waals surface area contributed by atoms with Gasteiger partial charge in [0.05, 0.1) is 6.54 Å². The van der Waals surface area contributed by atoms with E-state index in [1.54, 1.807) is 0 Å². The Bertz CT molecular complexity index is 489. The molecule has 2 rings (SSSR count). The predicted molar refractivity (Wildman–Crippen MR) is 85.7 cm³/mol. The highest BCUT2D eigenvalue weighted by Gasteiger charge is 2.27. The lowest BCUT2D eigenvalue weighted by molar-refractivity contribution is -0.119. The zero-order valence-corrected chi connectivity index (χ0v) is 13.5. The molecule has 0 saturated carbocycles. The van der Waals surface area contributed by atoms with Crippen molar-refractivity contribution in [3.8, 4) is 0 Å². The molecule has 1 aliphatic heterocycles. The van der Waals surface area contributed by atoms with Crippen LogP contribution in [0, 0.1) is 11.7 Å². The maximum absolute atomic E-state index is 13.0. The quantitative estimate of drug-likeness (QED) is 0.903. The molecule has 22 heavy (non-hydrogen) atoms. The molecule has 1 heterocycles. The number of primary amides is 1. The van der Waals surface area contributed by atoms with Gasteiger partial charge in [-0.3, -0.25) is 14.6 Å². The van der Waals surface area contributed by atoms with Gasteiger partial charge in [0.25, 0.3) is 0 Å². The molecule has 2 N–H and O–H groups in total. The summed E-state index contributed by atoms with van der Waals surface area (Å²) in [5.74, 6) is 0.0103. The third kappa shape index (κ3) is 4.78. The number of rotatable bonds is 5. The molecule has 0 unspecified atom stereocenters. The number of hydrogen-bond acceptors (Lipinski definition) is 3. The Morgan fingerprint density at radius 1 is 1.32 bits per heavy atom. The van der Waals surface area contributed by atoms with E-state index in [-0.39, 0.29) is 11.7 Å². The SMILES string of the molecule is CC(C)[C@H]1CN(CC(N)=O)CCCN1Cc1ccc(F)cc1. The Morgan fingerprint density at radius 3 is 2.59 bits per heavy atom. The van der Waals surface area contributed by atoms with Gasteiger partial charge < -0.3 is 5.73 Å². The third-order valence-electron chi connectivity index (χ3n) is 4.28. The molecule has 0 aliphatic carbocycles. The first-order valence-electron chi connectivity index (χ1n) is 7.95. The zero-order valence-electron chi connectivity index (χ0n) is 13.5. The average Bonchev–Trinajstić information content (AvgIpc) is 2.63. The molecule has 1 aromatic carbocycles. The van der Waals surface area contributed by atoms with E-state index in [0.717, 1.165) is 38.2 Å². The summed E-state index contributed by atoms with van der Waals surface area (Å²) in [6, 6.07) is 7.08. The number of hydrogen-bond donors (Lipinski definition) is 1. The first-order chi connectivity index (χ1) is 10.5. The summed E-state index contributed by atoms with van der Waals surface area (Å²) in [6.45, 7) is 8.27. The fourth-order valence-electron chi connectivity index (χ4n) is 3.15. The van der Waals surface area contributed by atoms with Crippen LogP contribution >= 0.6 is 0 Å². The zero-order chi connectivity index (χ0) is 16.1. The molecule has 4 nitrogen and oxygen atoms in total. The van der Waals surface area contributed by atoms with Crippen LogP contribution in [0.25, 0.3) is 0 Å². The summed E-state index contributed by atoms with van der Waals surface area (Å²) in [5.41, 5.74) is 6.46. The van der Waals surface area contributed by atoms with E-state index in [0.29, 0.717) is 18.5 Å². The van der Waals surface area contributed by atoms with Crippen molar-refractivity contribution in [3.63, 3.8) is 0 Å². The fourth-order valence-corrected chi connectivity index (χ4v) is 3.15. The lowest BCUT2D eigenvalue weighted by Crippen LogP contribution is -2.45. The summed E-state index contributed by atoms with van der Waals surface area (Å²) < 4.78 is 13.0. The van der Waals surface area contributed by atoms with Crippen molar-refractivity contribution in [2.45, 2.75) is 32.9 Å². The topological polar surface area (TPSA) is 49.6 Å². The summed E-state index contributed by atoms with van der Waals surface area (Å²) >= 11 is 0. The Kier molecular flexibility index (Phi) is 5.91. The molecule has 0 spiro atoms. The maximum Gasteiger partial charge on any atom is 0.231 e.